The maximum Gasteiger partial charge on any atom is 0.264 e. The van der Waals surface area contributed by atoms with Gasteiger partial charge >= 0.3 is 0 Å². The molecule has 0 radical (unpaired) electrons. The number of rotatable bonds is 11. The highest BCUT2D eigenvalue weighted by Gasteiger charge is 2.27. The molecule has 0 saturated carbocycles. The molecule has 0 heterocycles. The Hall–Kier alpha value is -4.38. The zero-order valence-corrected chi connectivity index (χ0v) is 23.7. The summed E-state index contributed by atoms with van der Waals surface area (Å²) >= 11 is 11.9. The molecule has 0 aliphatic heterocycles. The fourth-order valence-electron chi connectivity index (χ4n) is 3.55. The van der Waals surface area contributed by atoms with Crippen LogP contribution >= 0.6 is 23.2 Å². The minimum absolute atomic E-state index is 0.0375. The third-order valence-electron chi connectivity index (χ3n) is 5.49. The molecular weight excluding hydrogens is 587 g/mol. The number of benzene rings is 4. The van der Waals surface area contributed by atoms with Gasteiger partial charge < -0.3 is 10.1 Å². The van der Waals surface area contributed by atoms with Crippen LogP contribution in [0.3, 0.4) is 0 Å². The molecule has 4 aromatic rings. The van der Waals surface area contributed by atoms with Crippen molar-refractivity contribution in [1.82, 2.24) is 5.43 Å². The van der Waals surface area contributed by atoms with Crippen LogP contribution in [0.4, 0.5) is 11.4 Å². The second kappa shape index (κ2) is 13.8. The van der Waals surface area contributed by atoms with Gasteiger partial charge in [-0.25, -0.2) is 13.8 Å². The highest BCUT2D eigenvalue weighted by molar-refractivity contribution is 7.92. The van der Waals surface area contributed by atoms with E-state index in [1.54, 1.807) is 78.9 Å². The van der Waals surface area contributed by atoms with Gasteiger partial charge in [0.1, 0.15) is 12.3 Å². The van der Waals surface area contributed by atoms with Crippen molar-refractivity contribution in [3.8, 4) is 5.75 Å². The van der Waals surface area contributed by atoms with Gasteiger partial charge in [0.2, 0.25) is 0 Å². The van der Waals surface area contributed by atoms with Crippen molar-refractivity contribution in [3.05, 3.63) is 119 Å². The monoisotopic (exact) mass is 610 g/mol. The van der Waals surface area contributed by atoms with Gasteiger partial charge in [0.05, 0.1) is 16.8 Å². The van der Waals surface area contributed by atoms with E-state index in [4.69, 9.17) is 27.9 Å². The first-order chi connectivity index (χ1) is 19.7. The van der Waals surface area contributed by atoms with Crippen molar-refractivity contribution in [2.24, 2.45) is 5.10 Å². The highest BCUT2D eigenvalue weighted by atomic mass is 35.5. The summed E-state index contributed by atoms with van der Waals surface area (Å²) in [5.41, 5.74) is 3.82. The van der Waals surface area contributed by atoms with Crippen LogP contribution in [-0.4, -0.2) is 39.6 Å². The average Bonchev–Trinajstić information content (AvgIpc) is 2.96. The Balaban J connectivity index is 1.33. The average molecular weight is 612 g/mol. The third-order valence-corrected chi connectivity index (χ3v) is 7.77. The summed E-state index contributed by atoms with van der Waals surface area (Å²) in [6, 6.07) is 27.3. The van der Waals surface area contributed by atoms with Gasteiger partial charge in [-0.3, -0.25) is 13.9 Å². The van der Waals surface area contributed by atoms with E-state index in [2.05, 4.69) is 15.8 Å². The van der Waals surface area contributed by atoms with Crippen molar-refractivity contribution >= 4 is 62.6 Å². The first-order valence-corrected chi connectivity index (χ1v) is 14.3. The van der Waals surface area contributed by atoms with Crippen LogP contribution in [0.15, 0.2) is 113 Å². The molecule has 0 atom stereocenters. The minimum Gasteiger partial charge on any atom is -0.484 e. The van der Waals surface area contributed by atoms with E-state index in [0.717, 1.165) is 4.31 Å². The summed E-state index contributed by atoms with van der Waals surface area (Å²) in [4.78, 5) is 24.8. The number of hydrazone groups is 1. The summed E-state index contributed by atoms with van der Waals surface area (Å²) in [5.74, 6) is -0.541. The number of nitrogens with one attached hydrogen (secondary N) is 2. The van der Waals surface area contributed by atoms with Gasteiger partial charge in [-0.15, -0.1) is 0 Å². The summed E-state index contributed by atoms with van der Waals surface area (Å²) in [5, 5.41) is 7.56. The van der Waals surface area contributed by atoms with Gasteiger partial charge in [0.15, 0.2) is 6.61 Å². The lowest BCUT2D eigenvalue weighted by atomic mass is 10.2. The third kappa shape index (κ3) is 8.55. The SMILES string of the molecule is O=C(CN(c1ccc(Cl)cc1)S(=O)(=O)c1ccccc1)N/N=C\c1ccc(OCC(=O)Nc2cccc(Cl)c2)cc1. The lowest BCUT2D eigenvalue weighted by molar-refractivity contribution is -0.119. The number of carbonyl (C=O) groups excluding carboxylic acids is 2. The van der Waals surface area contributed by atoms with Crippen LogP contribution in [0.5, 0.6) is 5.75 Å². The smallest absolute Gasteiger partial charge is 0.264 e. The van der Waals surface area contributed by atoms with Crippen LogP contribution in [-0.2, 0) is 19.6 Å². The molecule has 0 aliphatic rings. The number of ether oxygens (including phenoxy) is 1. The molecule has 4 rings (SSSR count). The van der Waals surface area contributed by atoms with E-state index in [9.17, 15) is 18.0 Å². The van der Waals surface area contributed by atoms with Gasteiger partial charge in [-0.2, -0.15) is 5.10 Å². The van der Waals surface area contributed by atoms with Crippen molar-refractivity contribution in [3.63, 3.8) is 0 Å². The molecule has 0 saturated heterocycles. The Labute approximate surface area is 247 Å². The van der Waals surface area contributed by atoms with E-state index in [1.807, 2.05) is 0 Å². The van der Waals surface area contributed by atoms with E-state index >= 15 is 0 Å². The van der Waals surface area contributed by atoms with Crippen molar-refractivity contribution in [2.45, 2.75) is 4.90 Å². The molecule has 4 aromatic carbocycles. The van der Waals surface area contributed by atoms with Gasteiger partial charge in [-0.05, 0) is 84.4 Å². The number of hydrogen-bond acceptors (Lipinski definition) is 6. The number of sulfonamides is 1. The largest absolute Gasteiger partial charge is 0.484 e. The normalized spacial score (nSPS) is 11.2. The molecule has 2 amide bonds. The lowest BCUT2D eigenvalue weighted by Gasteiger charge is -2.23. The molecule has 2 N–H and O–H groups in total. The lowest BCUT2D eigenvalue weighted by Crippen LogP contribution is -2.39. The Bertz CT molecular complexity index is 1630. The summed E-state index contributed by atoms with van der Waals surface area (Å²) in [6.07, 6.45) is 1.39. The fraction of sp³-hybridized carbons (Fsp3) is 0.0690. The zero-order valence-electron chi connectivity index (χ0n) is 21.4. The summed E-state index contributed by atoms with van der Waals surface area (Å²) in [6.45, 7) is -0.716. The number of carbonyl (C=O) groups is 2. The maximum atomic E-state index is 13.3. The Morgan fingerprint density at radius 1 is 0.829 bits per heavy atom. The number of nitrogens with zero attached hydrogens (tertiary/aromatic N) is 2. The molecular formula is C29H24Cl2N4O5S. The molecule has 0 unspecified atom stereocenters. The van der Waals surface area contributed by atoms with Crippen molar-refractivity contribution < 1.29 is 22.7 Å². The summed E-state index contributed by atoms with van der Waals surface area (Å²) < 4.78 is 33.1. The first-order valence-electron chi connectivity index (χ1n) is 12.1. The number of halogens is 2. The van der Waals surface area contributed by atoms with Crippen LogP contribution in [0.2, 0.25) is 10.0 Å². The van der Waals surface area contributed by atoms with E-state index < -0.39 is 22.5 Å². The predicted octanol–water partition coefficient (Wildman–Crippen LogP) is 5.36. The standard InChI is InChI=1S/C29H24Cl2N4O5S/c30-22-11-13-25(14-12-22)35(41(38,39)27-7-2-1-3-8-27)19-28(36)34-32-18-21-9-15-26(16-10-21)40-20-29(37)33-24-6-4-5-23(31)17-24/h1-18H,19-20H2,(H,33,37)(H,34,36)/b32-18-. The van der Waals surface area contributed by atoms with Crippen LogP contribution in [0.1, 0.15) is 5.56 Å². The zero-order chi connectivity index (χ0) is 29.2. The van der Waals surface area contributed by atoms with Crippen molar-refractivity contribution in [1.29, 1.82) is 0 Å². The second-order valence-electron chi connectivity index (χ2n) is 8.51. The molecule has 9 nitrogen and oxygen atoms in total. The molecule has 12 heteroatoms. The first kappa shape index (κ1) is 29.6. The molecule has 0 bridgehead atoms. The van der Waals surface area contributed by atoms with Crippen LogP contribution in [0, 0.1) is 0 Å². The van der Waals surface area contributed by atoms with Crippen LogP contribution in [0.25, 0.3) is 0 Å². The Kier molecular flexibility index (Phi) is 9.96. The van der Waals surface area contributed by atoms with Gasteiger partial charge in [-0.1, -0.05) is 47.5 Å². The van der Waals surface area contributed by atoms with Gasteiger partial charge in [0, 0.05) is 15.7 Å². The maximum absolute atomic E-state index is 13.3. The Morgan fingerprint density at radius 3 is 2.22 bits per heavy atom. The van der Waals surface area contributed by atoms with E-state index in [1.165, 1.54) is 30.5 Å². The quantitative estimate of drug-likeness (QED) is 0.175. The van der Waals surface area contributed by atoms with E-state index in [0.29, 0.717) is 27.0 Å². The number of amides is 2. The fourth-order valence-corrected chi connectivity index (χ4v) is 5.31. The molecule has 0 aliphatic carbocycles. The number of anilines is 2. The second-order valence-corrected chi connectivity index (χ2v) is 11.2. The molecule has 210 valence electrons. The molecule has 0 spiro atoms. The van der Waals surface area contributed by atoms with Crippen molar-refractivity contribution in [2.75, 3.05) is 22.8 Å². The van der Waals surface area contributed by atoms with Gasteiger partial charge in [0.25, 0.3) is 21.8 Å². The highest BCUT2D eigenvalue weighted by Crippen LogP contribution is 2.25. The molecule has 0 aromatic heterocycles. The topological polar surface area (TPSA) is 117 Å². The van der Waals surface area contributed by atoms with E-state index in [-0.39, 0.29) is 23.1 Å². The predicted molar refractivity (Wildman–Crippen MR) is 160 cm³/mol. The summed E-state index contributed by atoms with van der Waals surface area (Å²) in [7, 11) is -4.05. The molecule has 41 heavy (non-hydrogen) atoms. The minimum atomic E-state index is -4.05. The number of hydrogen-bond donors (Lipinski definition) is 2. The Morgan fingerprint density at radius 2 is 1.54 bits per heavy atom. The van der Waals surface area contributed by atoms with Crippen LogP contribution < -0.4 is 19.8 Å². The molecule has 0 fully saturated rings.